The number of carbonyl (C=O) groups is 1. The Kier molecular flexibility index (Phi) is 3.57. The summed E-state index contributed by atoms with van der Waals surface area (Å²) < 4.78 is 5.29. The van der Waals surface area contributed by atoms with Crippen LogP contribution in [0.4, 0.5) is 0 Å². The van der Waals surface area contributed by atoms with Gasteiger partial charge in [-0.1, -0.05) is 26.7 Å². The number of ether oxygens (including phenoxy) is 1. The van der Waals surface area contributed by atoms with Gasteiger partial charge in [0, 0.05) is 0 Å². The fourth-order valence-electron chi connectivity index (χ4n) is 2.25. The smallest absolute Gasteiger partial charge is 0.309 e. The molecule has 1 rings (SSSR count). The Labute approximate surface area is 87.0 Å². The lowest BCUT2D eigenvalue weighted by atomic mass is 9.69. The summed E-state index contributed by atoms with van der Waals surface area (Å²) in [6.45, 7) is 8.18. The van der Waals surface area contributed by atoms with Crippen LogP contribution in [0.25, 0.3) is 0 Å². The summed E-state index contributed by atoms with van der Waals surface area (Å²) in [4.78, 5) is 11.8. The second-order valence-electron chi connectivity index (χ2n) is 5.27. The van der Waals surface area contributed by atoms with E-state index in [1.54, 1.807) is 0 Å². The van der Waals surface area contributed by atoms with Crippen molar-refractivity contribution in [3.05, 3.63) is 0 Å². The monoisotopic (exact) mass is 198 g/mol. The number of rotatable bonds is 2. The van der Waals surface area contributed by atoms with E-state index < -0.39 is 0 Å². The van der Waals surface area contributed by atoms with Crippen LogP contribution in [0, 0.1) is 11.3 Å². The summed E-state index contributed by atoms with van der Waals surface area (Å²) in [6.07, 6.45) is 4.57. The molecule has 1 atom stereocenters. The first kappa shape index (κ1) is 11.5. The number of hydrogen-bond acceptors (Lipinski definition) is 2. The van der Waals surface area contributed by atoms with Gasteiger partial charge in [0.25, 0.3) is 0 Å². The second kappa shape index (κ2) is 4.33. The Morgan fingerprint density at radius 2 is 2.00 bits per heavy atom. The largest absolute Gasteiger partial charge is 0.463 e. The lowest BCUT2D eigenvalue weighted by molar-refractivity contribution is -0.158. The summed E-state index contributed by atoms with van der Waals surface area (Å²) in [6, 6.07) is 0. The molecule has 0 spiro atoms. The van der Waals surface area contributed by atoms with Gasteiger partial charge in [-0.25, -0.2) is 0 Å². The van der Waals surface area contributed by atoms with Gasteiger partial charge in [-0.15, -0.1) is 0 Å². The highest BCUT2D eigenvalue weighted by molar-refractivity contribution is 5.73. The molecule has 0 aromatic carbocycles. The molecular formula is C12H22O2. The molecule has 0 aromatic heterocycles. The molecule has 0 aliphatic heterocycles. The van der Waals surface area contributed by atoms with Crippen molar-refractivity contribution in [2.45, 2.75) is 59.5 Å². The van der Waals surface area contributed by atoms with E-state index in [1.165, 1.54) is 12.8 Å². The highest BCUT2D eigenvalue weighted by Gasteiger charge is 2.38. The average Bonchev–Trinajstić information content (AvgIpc) is 2.01. The minimum absolute atomic E-state index is 0.00435. The highest BCUT2D eigenvalue weighted by atomic mass is 16.5. The van der Waals surface area contributed by atoms with Crippen LogP contribution in [0.2, 0.25) is 0 Å². The van der Waals surface area contributed by atoms with Crippen LogP contribution >= 0.6 is 0 Å². The molecular weight excluding hydrogens is 176 g/mol. The molecule has 1 aliphatic carbocycles. The van der Waals surface area contributed by atoms with Gasteiger partial charge in [0.1, 0.15) is 0 Å². The van der Waals surface area contributed by atoms with E-state index in [2.05, 4.69) is 13.8 Å². The number of esters is 1. The van der Waals surface area contributed by atoms with Crippen LogP contribution in [0.3, 0.4) is 0 Å². The van der Waals surface area contributed by atoms with Crippen molar-refractivity contribution >= 4 is 5.97 Å². The average molecular weight is 198 g/mol. The van der Waals surface area contributed by atoms with Gasteiger partial charge in [-0.3, -0.25) is 4.79 Å². The minimum Gasteiger partial charge on any atom is -0.463 e. The zero-order valence-electron chi connectivity index (χ0n) is 9.80. The van der Waals surface area contributed by atoms with Crippen LogP contribution < -0.4 is 0 Å². The number of hydrogen-bond donors (Lipinski definition) is 0. The summed E-state index contributed by atoms with van der Waals surface area (Å²) >= 11 is 0. The predicted octanol–water partition coefficient (Wildman–Crippen LogP) is 3.15. The third kappa shape index (κ3) is 2.73. The Morgan fingerprint density at radius 3 is 2.50 bits per heavy atom. The van der Waals surface area contributed by atoms with E-state index in [-0.39, 0.29) is 23.4 Å². The minimum atomic E-state index is 0.00435. The molecule has 1 aliphatic rings. The molecule has 82 valence electrons. The van der Waals surface area contributed by atoms with Gasteiger partial charge in [0.05, 0.1) is 12.0 Å². The summed E-state index contributed by atoms with van der Waals surface area (Å²) in [5, 5.41) is 0. The van der Waals surface area contributed by atoms with Crippen LogP contribution in [-0.2, 0) is 9.53 Å². The van der Waals surface area contributed by atoms with Crippen molar-refractivity contribution in [3.63, 3.8) is 0 Å². The van der Waals surface area contributed by atoms with E-state index in [9.17, 15) is 4.79 Å². The van der Waals surface area contributed by atoms with E-state index in [0.717, 1.165) is 12.8 Å². The first-order valence-electron chi connectivity index (χ1n) is 5.64. The predicted molar refractivity (Wildman–Crippen MR) is 57.0 cm³/mol. The Hall–Kier alpha value is -0.530. The SMILES string of the molecule is CC(C)OC(=O)C1CCCCC1(C)C. The fourth-order valence-corrected chi connectivity index (χ4v) is 2.25. The zero-order chi connectivity index (χ0) is 10.8. The van der Waals surface area contributed by atoms with Crippen molar-refractivity contribution in [1.82, 2.24) is 0 Å². The fraction of sp³-hybridized carbons (Fsp3) is 0.917. The van der Waals surface area contributed by atoms with Gasteiger partial charge in [0.15, 0.2) is 0 Å². The van der Waals surface area contributed by atoms with Crippen LogP contribution in [0.1, 0.15) is 53.4 Å². The Balaban J connectivity index is 2.60. The third-order valence-electron chi connectivity index (χ3n) is 3.14. The maximum Gasteiger partial charge on any atom is 0.309 e. The Morgan fingerprint density at radius 1 is 1.36 bits per heavy atom. The standard InChI is InChI=1S/C12H22O2/c1-9(2)14-11(13)10-7-5-6-8-12(10,3)4/h9-10H,5-8H2,1-4H3. The molecule has 0 saturated heterocycles. The van der Waals surface area contributed by atoms with E-state index in [0.29, 0.717) is 0 Å². The molecule has 2 heteroatoms. The van der Waals surface area contributed by atoms with E-state index in [1.807, 2.05) is 13.8 Å². The Bertz CT molecular complexity index is 206. The van der Waals surface area contributed by atoms with E-state index in [4.69, 9.17) is 4.74 Å². The number of carbonyl (C=O) groups excluding carboxylic acids is 1. The summed E-state index contributed by atoms with van der Waals surface area (Å²) in [5.74, 6) is 0.114. The third-order valence-corrected chi connectivity index (χ3v) is 3.14. The van der Waals surface area contributed by atoms with Crippen molar-refractivity contribution in [2.75, 3.05) is 0 Å². The second-order valence-corrected chi connectivity index (χ2v) is 5.27. The molecule has 0 aromatic rings. The van der Waals surface area contributed by atoms with Gasteiger partial charge in [-0.05, 0) is 32.1 Å². The molecule has 14 heavy (non-hydrogen) atoms. The van der Waals surface area contributed by atoms with Gasteiger partial charge >= 0.3 is 5.97 Å². The molecule has 0 heterocycles. The molecule has 0 bridgehead atoms. The molecule has 1 unspecified atom stereocenters. The lowest BCUT2D eigenvalue weighted by Crippen LogP contribution is -2.36. The van der Waals surface area contributed by atoms with Gasteiger partial charge < -0.3 is 4.74 Å². The van der Waals surface area contributed by atoms with Crippen molar-refractivity contribution in [1.29, 1.82) is 0 Å². The molecule has 0 amide bonds. The molecule has 0 N–H and O–H groups in total. The van der Waals surface area contributed by atoms with E-state index >= 15 is 0 Å². The normalized spacial score (nSPS) is 26.2. The van der Waals surface area contributed by atoms with Crippen LogP contribution in [-0.4, -0.2) is 12.1 Å². The molecule has 2 nitrogen and oxygen atoms in total. The first-order chi connectivity index (χ1) is 6.43. The first-order valence-corrected chi connectivity index (χ1v) is 5.64. The summed E-state index contributed by atoms with van der Waals surface area (Å²) in [5.41, 5.74) is 0.129. The lowest BCUT2D eigenvalue weighted by Gasteiger charge is -2.37. The molecule has 0 radical (unpaired) electrons. The van der Waals surface area contributed by atoms with Gasteiger partial charge in [-0.2, -0.15) is 0 Å². The molecule has 1 fully saturated rings. The molecule has 1 saturated carbocycles. The van der Waals surface area contributed by atoms with Gasteiger partial charge in [0.2, 0.25) is 0 Å². The maximum atomic E-state index is 11.8. The van der Waals surface area contributed by atoms with Crippen molar-refractivity contribution in [3.8, 4) is 0 Å². The topological polar surface area (TPSA) is 26.3 Å². The van der Waals surface area contributed by atoms with Crippen molar-refractivity contribution < 1.29 is 9.53 Å². The van der Waals surface area contributed by atoms with Crippen LogP contribution in [0.5, 0.6) is 0 Å². The maximum absolute atomic E-state index is 11.8. The highest BCUT2D eigenvalue weighted by Crippen LogP contribution is 2.41. The van der Waals surface area contributed by atoms with Crippen LogP contribution in [0.15, 0.2) is 0 Å². The zero-order valence-corrected chi connectivity index (χ0v) is 9.80. The summed E-state index contributed by atoms with van der Waals surface area (Å²) in [7, 11) is 0. The quantitative estimate of drug-likeness (QED) is 0.637. The van der Waals surface area contributed by atoms with Crippen molar-refractivity contribution in [2.24, 2.45) is 11.3 Å².